The molecule has 1 aliphatic rings. The number of hydrogen-bond donors (Lipinski definition) is 0. The molecule has 0 spiro atoms. The molecular formula is C21H27NO3S. The van der Waals surface area contributed by atoms with Gasteiger partial charge in [-0.1, -0.05) is 48.4 Å². The van der Waals surface area contributed by atoms with Crippen molar-refractivity contribution in [1.82, 2.24) is 4.31 Å². The first-order valence-corrected chi connectivity index (χ1v) is 10.8. The molecular weight excluding hydrogens is 346 g/mol. The normalized spacial score (nSPS) is 19.1. The van der Waals surface area contributed by atoms with E-state index in [2.05, 4.69) is 12.1 Å². The van der Waals surface area contributed by atoms with Crippen molar-refractivity contribution in [3.63, 3.8) is 0 Å². The van der Waals surface area contributed by atoms with Crippen LogP contribution >= 0.6 is 0 Å². The van der Waals surface area contributed by atoms with Gasteiger partial charge in [0.2, 0.25) is 10.0 Å². The van der Waals surface area contributed by atoms with Crippen LogP contribution in [0.1, 0.15) is 41.9 Å². The van der Waals surface area contributed by atoms with Gasteiger partial charge in [-0.3, -0.25) is 0 Å². The van der Waals surface area contributed by atoms with Crippen LogP contribution in [0.15, 0.2) is 48.5 Å². The summed E-state index contributed by atoms with van der Waals surface area (Å²) >= 11 is 0. The molecule has 0 N–H and O–H groups in total. The highest BCUT2D eigenvalue weighted by atomic mass is 32.2. The summed E-state index contributed by atoms with van der Waals surface area (Å²) in [6.45, 7) is 3.17. The molecule has 1 fully saturated rings. The zero-order valence-electron chi connectivity index (χ0n) is 15.5. The van der Waals surface area contributed by atoms with E-state index < -0.39 is 10.0 Å². The Bertz CT molecular complexity index is 813. The van der Waals surface area contributed by atoms with Crippen molar-refractivity contribution in [1.29, 1.82) is 0 Å². The number of rotatable bonds is 5. The largest absolute Gasteiger partial charge is 0.497 e. The van der Waals surface area contributed by atoms with Crippen LogP contribution in [0.25, 0.3) is 0 Å². The van der Waals surface area contributed by atoms with Gasteiger partial charge in [-0.05, 0) is 48.9 Å². The van der Waals surface area contributed by atoms with E-state index >= 15 is 0 Å². The molecule has 26 heavy (non-hydrogen) atoms. The highest BCUT2D eigenvalue weighted by Gasteiger charge is 2.28. The molecule has 0 aliphatic carbocycles. The molecule has 2 aromatic rings. The van der Waals surface area contributed by atoms with E-state index in [1.54, 1.807) is 11.4 Å². The van der Waals surface area contributed by atoms with Gasteiger partial charge in [0.1, 0.15) is 5.75 Å². The summed E-state index contributed by atoms with van der Waals surface area (Å²) in [6.07, 6.45) is 2.98. The van der Waals surface area contributed by atoms with E-state index in [0.717, 1.165) is 36.1 Å². The smallest absolute Gasteiger partial charge is 0.218 e. The molecule has 0 radical (unpaired) electrons. The van der Waals surface area contributed by atoms with E-state index in [1.807, 2.05) is 43.3 Å². The van der Waals surface area contributed by atoms with Gasteiger partial charge in [0, 0.05) is 13.1 Å². The van der Waals surface area contributed by atoms with Crippen LogP contribution in [0, 0.1) is 6.92 Å². The Morgan fingerprint density at radius 3 is 2.38 bits per heavy atom. The number of aryl methyl sites for hydroxylation is 1. The van der Waals surface area contributed by atoms with Gasteiger partial charge in [0.15, 0.2) is 0 Å². The highest BCUT2D eigenvalue weighted by Crippen LogP contribution is 2.29. The average molecular weight is 374 g/mol. The first kappa shape index (κ1) is 18.9. The summed E-state index contributed by atoms with van der Waals surface area (Å²) in [5.74, 6) is 1.13. The first-order valence-electron chi connectivity index (χ1n) is 9.15. The van der Waals surface area contributed by atoms with Crippen molar-refractivity contribution in [3.05, 3.63) is 65.2 Å². The van der Waals surface area contributed by atoms with E-state index in [4.69, 9.17) is 4.74 Å². The predicted molar refractivity (Wildman–Crippen MR) is 105 cm³/mol. The minimum Gasteiger partial charge on any atom is -0.497 e. The molecule has 1 unspecified atom stereocenters. The number of nitrogens with zero attached hydrogens (tertiary/aromatic N) is 1. The maximum absolute atomic E-state index is 13.0. The van der Waals surface area contributed by atoms with E-state index in [9.17, 15) is 8.42 Å². The molecule has 0 aromatic heterocycles. The molecule has 1 aliphatic heterocycles. The molecule has 1 heterocycles. The van der Waals surface area contributed by atoms with Crippen molar-refractivity contribution in [2.75, 3.05) is 20.2 Å². The van der Waals surface area contributed by atoms with Crippen LogP contribution in [0.5, 0.6) is 5.75 Å². The summed E-state index contributed by atoms with van der Waals surface area (Å²) in [4.78, 5) is 0. The van der Waals surface area contributed by atoms with E-state index in [1.165, 1.54) is 5.56 Å². The van der Waals surface area contributed by atoms with Crippen molar-refractivity contribution < 1.29 is 13.2 Å². The third-order valence-corrected chi connectivity index (χ3v) is 6.90. The lowest BCUT2D eigenvalue weighted by atomic mass is 9.94. The van der Waals surface area contributed by atoms with E-state index in [0.29, 0.717) is 13.1 Å². The number of benzene rings is 2. The SMILES string of the molecule is COc1ccc(C2CCCCN(S(=O)(=O)Cc3ccc(C)cc3)C2)cc1. The molecule has 2 aromatic carbocycles. The van der Waals surface area contributed by atoms with Crippen molar-refractivity contribution >= 4 is 10.0 Å². The topological polar surface area (TPSA) is 46.6 Å². The fraction of sp³-hybridized carbons (Fsp3) is 0.429. The number of methoxy groups -OCH3 is 1. The molecule has 4 nitrogen and oxygen atoms in total. The molecule has 140 valence electrons. The Hall–Kier alpha value is -1.85. The molecule has 0 saturated carbocycles. The van der Waals surface area contributed by atoms with Crippen LogP contribution in [0.4, 0.5) is 0 Å². The lowest BCUT2D eigenvalue weighted by Crippen LogP contribution is -2.35. The van der Waals surface area contributed by atoms with Crippen molar-refractivity contribution in [3.8, 4) is 5.75 Å². The summed E-state index contributed by atoms with van der Waals surface area (Å²) < 4.78 is 32.9. The Balaban J connectivity index is 1.76. The highest BCUT2D eigenvalue weighted by molar-refractivity contribution is 7.88. The zero-order chi connectivity index (χ0) is 18.6. The van der Waals surface area contributed by atoms with Gasteiger partial charge in [-0.25, -0.2) is 12.7 Å². The van der Waals surface area contributed by atoms with Crippen molar-refractivity contribution in [2.45, 2.75) is 37.9 Å². The van der Waals surface area contributed by atoms with Gasteiger partial charge in [-0.2, -0.15) is 0 Å². The van der Waals surface area contributed by atoms with Gasteiger partial charge < -0.3 is 4.74 Å². The number of hydrogen-bond acceptors (Lipinski definition) is 3. The van der Waals surface area contributed by atoms with Gasteiger partial charge in [-0.15, -0.1) is 0 Å². The first-order chi connectivity index (χ1) is 12.5. The van der Waals surface area contributed by atoms with Crippen LogP contribution in [-0.4, -0.2) is 32.9 Å². The third-order valence-electron chi connectivity index (χ3n) is 5.08. The Morgan fingerprint density at radius 2 is 1.73 bits per heavy atom. The fourth-order valence-electron chi connectivity index (χ4n) is 3.49. The third kappa shape index (κ3) is 4.65. The Morgan fingerprint density at radius 1 is 1.04 bits per heavy atom. The molecule has 3 rings (SSSR count). The van der Waals surface area contributed by atoms with E-state index in [-0.39, 0.29) is 11.7 Å². The van der Waals surface area contributed by atoms with Gasteiger partial charge in [0.25, 0.3) is 0 Å². The number of ether oxygens (including phenoxy) is 1. The van der Waals surface area contributed by atoms with Gasteiger partial charge >= 0.3 is 0 Å². The maximum atomic E-state index is 13.0. The second kappa shape index (κ2) is 8.23. The lowest BCUT2D eigenvalue weighted by Gasteiger charge is -2.24. The maximum Gasteiger partial charge on any atom is 0.218 e. The molecule has 5 heteroatoms. The van der Waals surface area contributed by atoms with Crippen LogP contribution in [-0.2, 0) is 15.8 Å². The number of sulfonamides is 1. The van der Waals surface area contributed by atoms with Crippen molar-refractivity contribution in [2.24, 2.45) is 0 Å². The molecule has 1 saturated heterocycles. The summed E-state index contributed by atoms with van der Waals surface area (Å²) in [7, 11) is -1.66. The summed E-state index contributed by atoms with van der Waals surface area (Å²) in [5, 5.41) is 0. The zero-order valence-corrected chi connectivity index (χ0v) is 16.3. The average Bonchev–Trinajstić information content (AvgIpc) is 2.90. The van der Waals surface area contributed by atoms with Crippen LogP contribution < -0.4 is 4.74 Å². The monoisotopic (exact) mass is 373 g/mol. The molecule has 1 atom stereocenters. The summed E-state index contributed by atoms with van der Waals surface area (Å²) in [5.41, 5.74) is 3.17. The second-order valence-corrected chi connectivity index (χ2v) is 9.03. The Labute approximate surface area is 156 Å². The van der Waals surface area contributed by atoms with Gasteiger partial charge in [0.05, 0.1) is 12.9 Å². The molecule has 0 bridgehead atoms. The summed E-state index contributed by atoms with van der Waals surface area (Å²) in [6, 6.07) is 15.8. The lowest BCUT2D eigenvalue weighted by molar-refractivity contribution is 0.404. The quantitative estimate of drug-likeness (QED) is 0.793. The minimum absolute atomic E-state index is 0.0720. The minimum atomic E-state index is -3.32. The fourth-order valence-corrected chi connectivity index (χ4v) is 5.10. The molecule has 0 amide bonds. The standard InChI is InChI=1S/C21H27NO3S/c1-17-6-8-18(9-7-17)16-26(23,24)22-14-4-3-5-20(15-22)19-10-12-21(25-2)13-11-19/h6-13,20H,3-5,14-16H2,1-2H3. The van der Waals surface area contributed by atoms with Crippen LogP contribution in [0.3, 0.4) is 0 Å². The predicted octanol–water partition coefficient (Wildman–Crippen LogP) is 4.10. The second-order valence-electron chi connectivity index (χ2n) is 7.07. The Kier molecular flexibility index (Phi) is 5.99. The van der Waals surface area contributed by atoms with Crippen LogP contribution in [0.2, 0.25) is 0 Å².